The van der Waals surface area contributed by atoms with E-state index in [0.29, 0.717) is 5.92 Å². The lowest BCUT2D eigenvalue weighted by Gasteiger charge is -2.11. The first-order chi connectivity index (χ1) is 6.72. The fourth-order valence-electron chi connectivity index (χ4n) is 1.13. The molecule has 0 amide bonds. The van der Waals surface area contributed by atoms with Crippen LogP contribution >= 0.6 is 27.7 Å². The Morgan fingerprint density at radius 3 is 3.00 bits per heavy atom. The van der Waals surface area contributed by atoms with Crippen LogP contribution in [0, 0.1) is 5.92 Å². The third kappa shape index (κ3) is 4.33. The van der Waals surface area contributed by atoms with Gasteiger partial charge in [-0.25, -0.2) is 4.98 Å². The first-order valence-corrected chi connectivity index (χ1v) is 6.76. The molecular formula is C10H15BrN2S. The second-order valence-corrected chi connectivity index (χ2v) is 5.01. The highest BCUT2D eigenvalue weighted by Crippen LogP contribution is 2.11. The lowest BCUT2D eigenvalue weighted by Crippen LogP contribution is -2.13. The Morgan fingerprint density at radius 1 is 1.57 bits per heavy atom. The van der Waals surface area contributed by atoms with Crippen molar-refractivity contribution in [2.24, 2.45) is 5.92 Å². The van der Waals surface area contributed by atoms with Crippen LogP contribution in [0.5, 0.6) is 0 Å². The van der Waals surface area contributed by atoms with Gasteiger partial charge in [-0.1, -0.05) is 13.0 Å². The van der Waals surface area contributed by atoms with Crippen molar-refractivity contribution in [1.29, 1.82) is 0 Å². The molecule has 1 N–H and O–H groups in total. The van der Waals surface area contributed by atoms with E-state index >= 15 is 0 Å². The number of hydrogen-bond donors (Lipinski definition) is 1. The Hall–Kier alpha value is -0.220. The van der Waals surface area contributed by atoms with Gasteiger partial charge in [0.2, 0.25) is 0 Å². The van der Waals surface area contributed by atoms with Gasteiger partial charge >= 0.3 is 0 Å². The molecule has 1 unspecified atom stereocenters. The molecule has 0 aliphatic heterocycles. The van der Waals surface area contributed by atoms with Crippen molar-refractivity contribution < 1.29 is 0 Å². The van der Waals surface area contributed by atoms with E-state index in [1.165, 1.54) is 5.75 Å². The Bertz CT molecular complexity index is 281. The highest BCUT2D eigenvalue weighted by molar-refractivity contribution is 9.10. The summed E-state index contributed by atoms with van der Waals surface area (Å²) in [6, 6.07) is 5.89. The Kier molecular flexibility index (Phi) is 5.33. The van der Waals surface area contributed by atoms with Gasteiger partial charge in [-0.3, -0.25) is 0 Å². The standard InChI is InChI=1S/C10H15BrN2S/c1-8(7-14-2)6-12-10-5-3-4-9(11)13-10/h3-5,8H,6-7H2,1-2H3,(H,12,13). The van der Waals surface area contributed by atoms with Gasteiger partial charge in [0.25, 0.3) is 0 Å². The molecule has 2 nitrogen and oxygen atoms in total. The van der Waals surface area contributed by atoms with Gasteiger partial charge in [-0.15, -0.1) is 0 Å². The summed E-state index contributed by atoms with van der Waals surface area (Å²) in [7, 11) is 0. The zero-order chi connectivity index (χ0) is 10.4. The molecule has 14 heavy (non-hydrogen) atoms. The van der Waals surface area contributed by atoms with E-state index in [1.807, 2.05) is 30.0 Å². The highest BCUT2D eigenvalue weighted by Gasteiger charge is 2.01. The maximum Gasteiger partial charge on any atom is 0.127 e. The number of halogens is 1. The molecule has 0 aromatic carbocycles. The minimum Gasteiger partial charge on any atom is -0.370 e. The number of nitrogens with one attached hydrogen (secondary N) is 1. The second kappa shape index (κ2) is 6.30. The molecule has 1 aromatic heterocycles. The number of rotatable bonds is 5. The van der Waals surface area contributed by atoms with Gasteiger partial charge in [-0.2, -0.15) is 11.8 Å². The van der Waals surface area contributed by atoms with Crippen molar-refractivity contribution >= 4 is 33.5 Å². The molecule has 0 fully saturated rings. The summed E-state index contributed by atoms with van der Waals surface area (Å²) in [5.41, 5.74) is 0. The summed E-state index contributed by atoms with van der Waals surface area (Å²) in [4.78, 5) is 4.30. The summed E-state index contributed by atoms with van der Waals surface area (Å²) in [6.45, 7) is 3.21. The lowest BCUT2D eigenvalue weighted by molar-refractivity contribution is 0.699. The van der Waals surface area contributed by atoms with E-state index in [2.05, 4.69) is 39.4 Å². The van der Waals surface area contributed by atoms with Crippen LogP contribution < -0.4 is 5.32 Å². The van der Waals surface area contributed by atoms with Crippen LogP contribution in [-0.2, 0) is 0 Å². The normalized spacial score (nSPS) is 12.5. The molecule has 0 spiro atoms. The van der Waals surface area contributed by atoms with Gasteiger partial charge in [0.1, 0.15) is 10.4 Å². The summed E-state index contributed by atoms with van der Waals surface area (Å²) >= 11 is 5.22. The highest BCUT2D eigenvalue weighted by atomic mass is 79.9. The van der Waals surface area contributed by atoms with E-state index < -0.39 is 0 Å². The van der Waals surface area contributed by atoms with E-state index in [4.69, 9.17) is 0 Å². The summed E-state index contributed by atoms with van der Waals surface area (Å²) in [6.07, 6.45) is 2.13. The van der Waals surface area contributed by atoms with Crippen molar-refractivity contribution in [2.75, 3.05) is 23.9 Å². The maximum atomic E-state index is 4.30. The quantitative estimate of drug-likeness (QED) is 0.835. The van der Waals surface area contributed by atoms with Crippen LogP contribution in [0.3, 0.4) is 0 Å². The number of aromatic nitrogens is 1. The van der Waals surface area contributed by atoms with E-state index in [0.717, 1.165) is 17.0 Å². The number of hydrogen-bond acceptors (Lipinski definition) is 3. The number of anilines is 1. The average molecular weight is 275 g/mol. The number of pyridine rings is 1. The molecule has 1 atom stereocenters. The van der Waals surface area contributed by atoms with Gasteiger partial charge < -0.3 is 5.32 Å². The van der Waals surface area contributed by atoms with Crippen molar-refractivity contribution in [1.82, 2.24) is 4.98 Å². The molecular weight excluding hydrogens is 260 g/mol. The predicted molar refractivity (Wildman–Crippen MR) is 68.0 cm³/mol. The van der Waals surface area contributed by atoms with Crippen molar-refractivity contribution in [3.05, 3.63) is 22.8 Å². The smallest absolute Gasteiger partial charge is 0.127 e. The first kappa shape index (κ1) is 11.9. The van der Waals surface area contributed by atoms with Gasteiger partial charge in [0, 0.05) is 6.54 Å². The lowest BCUT2D eigenvalue weighted by atomic mass is 10.2. The van der Waals surface area contributed by atoms with Crippen LogP contribution in [-0.4, -0.2) is 23.5 Å². The molecule has 0 radical (unpaired) electrons. The Balaban J connectivity index is 2.37. The fraction of sp³-hybridized carbons (Fsp3) is 0.500. The molecule has 1 heterocycles. The molecule has 1 rings (SSSR count). The largest absolute Gasteiger partial charge is 0.370 e. The molecule has 0 bridgehead atoms. The van der Waals surface area contributed by atoms with Crippen molar-refractivity contribution in [2.45, 2.75) is 6.92 Å². The molecule has 0 aliphatic carbocycles. The van der Waals surface area contributed by atoms with Gasteiger partial charge in [0.05, 0.1) is 0 Å². The Morgan fingerprint density at radius 2 is 2.36 bits per heavy atom. The predicted octanol–water partition coefficient (Wildman–Crippen LogP) is 3.26. The van der Waals surface area contributed by atoms with Crippen LogP contribution in [0.4, 0.5) is 5.82 Å². The first-order valence-electron chi connectivity index (χ1n) is 4.57. The van der Waals surface area contributed by atoms with Crippen LogP contribution in [0.1, 0.15) is 6.92 Å². The number of nitrogens with zero attached hydrogens (tertiary/aromatic N) is 1. The van der Waals surface area contributed by atoms with Crippen LogP contribution in [0.15, 0.2) is 22.8 Å². The molecule has 0 saturated heterocycles. The van der Waals surface area contributed by atoms with Gasteiger partial charge in [-0.05, 0) is 46.0 Å². The molecule has 4 heteroatoms. The van der Waals surface area contributed by atoms with Crippen LogP contribution in [0.25, 0.3) is 0 Å². The van der Waals surface area contributed by atoms with Crippen LogP contribution in [0.2, 0.25) is 0 Å². The fourth-order valence-corrected chi connectivity index (χ4v) is 2.16. The monoisotopic (exact) mass is 274 g/mol. The molecule has 0 saturated carbocycles. The van der Waals surface area contributed by atoms with E-state index in [1.54, 1.807) is 0 Å². The SMILES string of the molecule is CSCC(C)CNc1cccc(Br)n1. The van der Waals surface area contributed by atoms with Crippen molar-refractivity contribution in [3.63, 3.8) is 0 Å². The van der Waals surface area contributed by atoms with E-state index in [-0.39, 0.29) is 0 Å². The minimum atomic E-state index is 0.672. The zero-order valence-electron chi connectivity index (χ0n) is 8.46. The third-order valence-corrected chi connectivity index (χ3v) is 3.14. The number of thioether (sulfide) groups is 1. The van der Waals surface area contributed by atoms with Gasteiger partial charge in [0.15, 0.2) is 0 Å². The van der Waals surface area contributed by atoms with Crippen molar-refractivity contribution in [3.8, 4) is 0 Å². The van der Waals surface area contributed by atoms with E-state index in [9.17, 15) is 0 Å². The summed E-state index contributed by atoms with van der Waals surface area (Å²) in [5, 5.41) is 3.32. The average Bonchev–Trinajstić information content (AvgIpc) is 2.15. The maximum absolute atomic E-state index is 4.30. The summed E-state index contributed by atoms with van der Waals surface area (Å²) in [5.74, 6) is 2.79. The third-order valence-electron chi connectivity index (χ3n) is 1.80. The minimum absolute atomic E-state index is 0.672. The topological polar surface area (TPSA) is 24.9 Å². The summed E-state index contributed by atoms with van der Waals surface area (Å²) < 4.78 is 0.875. The molecule has 1 aromatic rings. The molecule has 0 aliphatic rings. The zero-order valence-corrected chi connectivity index (χ0v) is 10.9. The Labute approximate surface area is 98.0 Å². The molecule has 78 valence electrons. The second-order valence-electron chi connectivity index (χ2n) is 3.29.